The van der Waals surface area contributed by atoms with Crippen molar-refractivity contribution in [3.8, 4) is 11.4 Å². The van der Waals surface area contributed by atoms with Gasteiger partial charge in [-0.05, 0) is 56.9 Å². The molecule has 0 unspecified atom stereocenters. The molecule has 1 aliphatic rings. The van der Waals surface area contributed by atoms with Crippen LogP contribution >= 0.6 is 11.8 Å². The second-order valence-electron chi connectivity index (χ2n) is 7.08. The van der Waals surface area contributed by atoms with Gasteiger partial charge in [0, 0.05) is 30.2 Å². The van der Waals surface area contributed by atoms with Crippen LogP contribution in [-0.2, 0) is 17.9 Å². The summed E-state index contributed by atoms with van der Waals surface area (Å²) in [6, 6.07) is 7.59. The molecule has 3 heterocycles. The molecule has 0 fully saturated rings. The predicted molar refractivity (Wildman–Crippen MR) is 115 cm³/mol. The summed E-state index contributed by atoms with van der Waals surface area (Å²) in [5, 5.41) is 9.42. The normalized spacial score (nSPS) is 13.8. The molecule has 7 nitrogen and oxygen atoms in total. The largest absolute Gasteiger partial charge is 0.467 e. The number of pyridine rings is 1. The Kier molecular flexibility index (Phi) is 6.63. The second-order valence-corrected chi connectivity index (χ2v) is 8.02. The molecular formula is C22H25N5O2S. The zero-order chi connectivity index (χ0) is 20.8. The quantitative estimate of drug-likeness (QED) is 0.495. The number of hydrogen-bond donors (Lipinski definition) is 0. The van der Waals surface area contributed by atoms with E-state index in [-0.39, 0.29) is 5.91 Å². The van der Waals surface area contributed by atoms with E-state index in [0.717, 1.165) is 53.8 Å². The number of thioether (sulfide) groups is 1. The van der Waals surface area contributed by atoms with E-state index in [1.807, 2.05) is 33.7 Å². The highest BCUT2D eigenvalue weighted by Gasteiger charge is 2.22. The molecule has 30 heavy (non-hydrogen) atoms. The van der Waals surface area contributed by atoms with Crippen molar-refractivity contribution in [3.63, 3.8) is 0 Å². The zero-order valence-corrected chi connectivity index (χ0v) is 17.8. The Labute approximate surface area is 180 Å². The van der Waals surface area contributed by atoms with Crippen LogP contribution < -0.4 is 0 Å². The van der Waals surface area contributed by atoms with E-state index in [1.165, 1.54) is 18.2 Å². The van der Waals surface area contributed by atoms with E-state index in [0.29, 0.717) is 12.3 Å². The monoisotopic (exact) mass is 423 g/mol. The van der Waals surface area contributed by atoms with Gasteiger partial charge in [0.15, 0.2) is 11.0 Å². The summed E-state index contributed by atoms with van der Waals surface area (Å²) in [4.78, 5) is 19.1. The van der Waals surface area contributed by atoms with Gasteiger partial charge in [0.25, 0.3) is 0 Å². The van der Waals surface area contributed by atoms with Gasteiger partial charge in [0.2, 0.25) is 5.91 Å². The molecule has 0 saturated heterocycles. The number of aromatic nitrogens is 4. The van der Waals surface area contributed by atoms with E-state index in [9.17, 15) is 4.79 Å². The second kappa shape index (κ2) is 9.75. The van der Waals surface area contributed by atoms with Gasteiger partial charge in [-0.25, -0.2) is 0 Å². The lowest BCUT2D eigenvalue weighted by atomic mass is 10.0. The standard InChI is InChI=1S/C22H25N5O2S/c1-2-26-21(17-10-12-23-13-11-17)24-25-22(26)30-16-20(28)27(15-19-9-6-14-29-19)18-7-4-3-5-8-18/h6-7,9-14H,2-5,8,15-16H2,1H3. The Morgan fingerprint density at radius 3 is 2.80 bits per heavy atom. The minimum atomic E-state index is 0.0562. The van der Waals surface area contributed by atoms with Crippen molar-refractivity contribution in [2.24, 2.45) is 0 Å². The number of rotatable bonds is 8. The summed E-state index contributed by atoms with van der Waals surface area (Å²) < 4.78 is 7.53. The lowest BCUT2D eigenvalue weighted by Crippen LogP contribution is -2.32. The third-order valence-corrected chi connectivity index (χ3v) is 6.06. The number of carbonyl (C=O) groups is 1. The predicted octanol–water partition coefficient (Wildman–Crippen LogP) is 4.53. The number of furan rings is 1. The highest BCUT2D eigenvalue weighted by molar-refractivity contribution is 7.99. The van der Waals surface area contributed by atoms with Crippen LogP contribution in [-0.4, -0.2) is 36.3 Å². The molecule has 156 valence electrons. The highest BCUT2D eigenvalue weighted by atomic mass is 32.2. The first-order valence-corrected chi connectivity index (χ1v) is 11.2. The van der Waals surface area contributed by atoms with Gasteiger partial charge in [0.05, 0.1) is 18.6 Å². The van der Waals surface area contributed by atoms with Crippen molar-refractivity contribution in [1.82, 2.24) is 24.6 Å². The number of amides is 1. The third kappa shape index (κ3) is 4.64. The van der Waals surface area contributed by atoms with Crippen LogP contribution in [0.4, 0.5) is 0 Å². The van der Waals surface area contributed by atoms with Gasteiger partial charge in [-0.2, -0.15) is 0 Å². The maximum absolute atomic E-state index is 13.2. The van der Waals surface area contributed by atoms with Gasteiger partial charge in [0.1, 0.15) is 5.76 Å². The molecule has 1 aliphatic carbocycles. The lowest BCUT2D eigenvalue weighted by Gasteiger charge is -2.27. The molecule has 0 bridgehead atoms. The minimum absolute atomic E-state index is 0.0562. The first-order valence-electron chi connectivity index (χ1n) is 10.2. The van der Waals surface area contributed by atoms with E-state index >= 15 is 0 Å². The highest BCUT2D eigenvalue weighted by Crippen LogP contribution is 2.27. The van der Waals surface area contributed by atoms with Gasteiger partial charge in [-0.15, -0.1) is 10.2 Å². The molecule has 0 spiro atoms. The number of nitrogens with zero attached hydrogens (tertiary/aromatic N) is 5. The van der Waals surface area contributed by atoms with Crippen LogP contribution in [0.2, 0.25) is 0 Å². The van der Waals surface area contributed by atoms with E-state index in [1.54, 1.807) is 18.7 Å². The summed E-state index contributed by atoms with van der Waals surface area (Å²) in [5.74, 6) is 1.93. The SMILES string of the molecule is CCn1c(SCC(=O)N(Cc2ccco2)C2=CCCCC2)nnc1-c1ccncc1. The maximum Gasteiger partial charge on any atom is 0.237 e. The first kappa shape index (κ1) is 20.4. The van der Waals surface area contributed by atoms with E-state index in [2.05, 4.69) is 28.2 Å². The van der Waals surface area contributed by atoms with Crippen molar-refractivity contribution in [2.45, 2.75) is 50.9 Å². The van der Waals surface area contributed by atoms with Crippen LogP contribution in [0.5, 0.6) is 0 Å². The smallest absolute Gasteiger partial charge is 0.237 e. The van der Waals surface area contributed by atoms with Crippen LogP contribution in [0.1, 0.15) is 38.4 Å². The first-order chi connectivity index (χ1) is 14.8. The summed E-state index contributed by atoms with van der Waals surface area (Å²) in [7, 11) is 0. The summed E-state index contributed by atoms with van der Waals surface area (Å²) in [6.45, 7) is 3.24. The maximum atomic E-state index is 13.2. The molecule has 0 aromatic carbocycles. The zero-order valence-electron chi connectivity index (χ0n) is 17.0. The molecule has 1 amide bonds. The van der Waals surface area contributed by atoms with Gasteiger partial charge in [-0.1, -0.05) is 17.8 Å². The molecule has 0 atom stereocenters. The van der Waals surface area contributed by atoms with Crippen molar-refractivity contribution in [3.05, 3.63) is 60.5 Å². The topological polar surface area (TPSA) is 77.0 Å². The van der Waals surface area contributed by atoms with Crippen molar-refractivity contribution in [1.29, 1.82) is 0 Å². The fourth-order valence-corrected chi connectivity index (χ4v) is 4.45. The summed E-state index contributed by atoms with van der Waals surface area (Å²) in [6.07, 6.45) is 11.5. The molecule has 8 heteroatoms. The van der Waals surface area contributed by atoms with Gasteiger partial charge < -0.3 is 13.9 Å². The molecule has 3 aromatic rings. The molecule has 0 radical (unpaired) electrons. The molecule has 0 N–H and O–H groups in total. The fourth-order valence-electron chi connectivity index (χ4n) is 3.57. The van der Waals surface area contributed by atoms with Crippen molar-refractivity contribution in [2.75, 3.05) is 5.75 Å². The van der Waals surface area contributed by atoms with Gasteiger partial charge in [-0.3, -0.25) is 9.78 Å². The molecule has 4 rings (SSSR count). The average molecular weight is 424 g/mol. The summed E-state index contributed by atoms with van der Waals surface area (Å²) >= 11 is 1.42. The summed E-state index contributed by atoms with van der Waals surface area (Å²) in [5.41, 5.74) is 2.06. The Morgan fingerprint density at radius 1 is 1.23 bits per heavy atom. The van der Waals surface area contributed by atoms with Crippen LogP contribution in [0, 0.1) is 0 Å². The van der Waals surface area contributed by atoms with Crippen LogP contribution in [0.15, 0.2) is 64.3 Å². The van der Waals surface area contributed by atoms with Crippen molar-refractivity contribution >= 4 is 17.7 Å². The molecule has 0 saturated carbocycles. The number of carbonyl (C=O) groups excluding carboxylic acids is 1. The van der Waals surface area contributed by atoms with Crippen molar-refractivity contribution < 1.29 is 9.21 Å². The Hall–Kier alpha value is -2.87. The Balaban J connectivity index is 1.49. The minimum Gasteiger partial charge on any atom is -0.467 e. The third-order valence-electron chi connectivity index (χ3n) is 5.11. The average Bonchev–Trinajstić information content (AvgIpc) is 3.46. The molecule has 3 aromatic heterocycles. The van der Waals surface area contributed by atoms with Crippen LogP contribution in [0.3, 0.4) is 0 Å². The Bertz CT molecular complexity index is 998. The van der Waals surface area contributed by atoms with E-state index in [4.69, 9.17) is 4.42 Å². The fraction of sp³-hybridized carbons (Fsp3) is 0.364. The van der Waals surface area contributed by atoms with Crippen LogP contribution in [0.25, 0.3) is 11.4 Å². The molecule has 0 aliphatic heterocycles. The van der Waals surface area contributed by atoms with Gasteiger partial charge >= 0.3 is 0 Å². The van der Waals surface area contributed by atoms with E-state index < -0.39 is 0 Å². The molecular weight excluding hydrogens is 398 g/mol. The number of hydrogen-bond acceptors (Lipinski definition) is 6. The Morgan fingerprint density at radius 2 is 2.10 bits per heavy atom. The number of allylic oxidation sites excluding steroid dienone is 2. The lowest BCUT2D eigenvalue weighted by molar-refractivity contribution is -0.127.